The zero-order valence-corrected chi connectivity index (χ0v) is 18.7. The third-order valence-corrected chi connectivity index (χ3v) is 6.00. The fraction of sp³-hybridized carbons (Fsp3) is 0.217. The SMILES string of the molecule is CC(C)Cn1nc(C(=O)Nc2ncc(Cc3ccccc3Cl)s2)c2ccccc2c1=O. The highest BCUT2D eigenvalue weighted by molar-refractivity contribution is 7.15. The first-order chi connectivity index (χ1) is 14.9. The van der Waals surface area contributed by atoms with Crippen molar-refractivity contribution in [3.63, 3.8) is 0 Å². The Balaban J connectivity index is 1.62. The lowest BCUT2D eigenvalue weighted by Gasteiger charge is -2.12. The maximum absolute atomic E-state index is 13.1. The second-order valence-corrected chi connectivity index (χ2v) is 9.15. The first-order valence-corrected chi connectivity index (χ1v) is 11.1. The van der Waals surface area contributed by atoms with Crippen LogP contribution in [0.1, 0.15) is 34.8 Å². The summed E-state index contributed by atoms with van der Waals surface area (Å²) < 4.78 is 1.37. The van der Waals surface area contributed by atoms with E-state index in [2.05, 4.69) is 15.4 Å². The molecule has 4 aromatic rings. The molecule has 0 spiro atoms. The summed E-state index contributed by atoms with van der Waals surface area (Å²) in [4.78, 5) is 31.1. The van der Waals surface area contributed by atoms with Crippen LogP contribution in [-0.4, -0.2) is 20.7 Å². The molecule has 0 atom stereocenters. The third-order valence-electron chi connectivity index (χ3n) is 4.72. The van der Waals surface area contributed by atoms with Gasteiger partial charge in [0.25, 0.3) is 11.5 Å². The smallest absolute Gasteiger partial charge is 0.278 e. The molecule has 0 aliphatic heterocycles. The number of hydrogen-bond donors (Lipinski definition) is 1. The van der Waals surface area contributed by atoms with Gasteiger partial charge in [0.2, 0.25) is 0 Å². The molecule has 2 aromatic heterocycles. The van der Waals surface area contributed by atoms with Crippen LogP contribution < -0.4 is 10.9 Å². The number of nitrogens with one attached hydrogen (secondary N) is 1. The minimum absolute atomic E-state index is 0.197. The summed E-state index contributed by atoms with van der Waals surface area (Å²) in [5.41, 5.74) is 1.01. The molecule has 0 bridgehead atoms. The number of amides is 1. The number of halogens is 1. The Bertz CT molecular complexity index is 1310. The summed E-state index contributed by atoms with van der Waals surface area (Å²) >= 11 is 7.63. The monoisotopic (exact) mass is 452 g/mol. The normalized spacial score (nSPS) is 11.2. The maximum Gasteiger partial charge on any atom is 0.278 e. The van der Waals surface area contributed by atoms with Crippen molar-refractivity contribution < 1.29 is 4.79 Å². The lowest BCUT2D eigenvalue weighted by atomic mass is 10.1. The molecule has 6 nitrogen and oxygen atoms in total. The molecule has 0 radical (unpaired) electrons. The predicted molar refractivity (Wildman–Crippen MR) is 125 cm³/mol. The van der Waals surface area contributed by atoms with Crippen LogP contribution in [0.15, 0.2) is 59.5 Å². The van der Waals surface area contributed by atoms with Gasteiger partial charge in [-0.3, -0.25) is 14.9 Å². The fourth-order valence-corrected chi connectivity index (χ4v) is 4.34. The highest BCUT2D eigenvalue weighted by Gasteiger charge is 2.18. The van der Waals surface area contributed by atoms with Gasteiger partial charge in [-0.05, 0) is 23.6 Å². The molecule has 0 saturated carbocycles. The average Bonchev–Trinajstić information content (AvgIpc) is 3.18. The van der Waals surface area contributed by atoms with Crippen LogP contribution in [0.25, 0.3) is 10.8 Å². The van der Waals surface area contributed by atoms with Crippen LogP contribution >= 0.6 is 22.9 Å². The number of rotatable bonds is 6. The zero-order chi connectivity index (χ0) is 22.0. The highest BCUT2D eigenvalue weighted by Crippen LogP contribution is 2.25. The number of thiazole rings is 1. The van der Waals surface area contributed by atoms with Crippen molar-refractivity contribution in [2.45, 2.75) is 26.8 Å². The third kappa shape index (κ3) is 4.68. The van der Waals surface area contributed by atoms with E-state index in [1.165, 1.54) is 16.0 Å². The molecular formula is C23H21ClN4O2S. The summed E-state index contributed by atoms with van der Waals surface area (Å²) in [6.45, 7) is 4.43. The van der Waals surface area contributed by atoms with Crippen LogP contribution in [0.2, 0.25) is 5.02 Å². The van der Waals surface area contributed by atoms with Gasteiger partial charge in [0.1, 0.15) is 0 Å². The molecule has 0 saturated heterocycles. The number of fused-ring (bicyclic) bond motifs is 1. The van der Waals surface area contributed by atoms with Gasteiger partial charge < -0.3 is 0 Å². The Hall–Kier alpha value is -3.03. The van der Waals surface area contributed by atoms with E-state index in [1.54, 1.807) is 30.5 Å². The standard InChI is InChI=1S/C23H21ClN4O2S/c1-14(2)13-28-22(30)18-9-5-4-8-17(18)20(27-28)21(29)26-23-25-12-16(31-23)11-15-7-3-6-10-19(15)24/h3-10,12,14H,11,13H2,1-2H3,(H,25,26,29). The number of anilines is 1. The van der Waals surface area contributed by atoms with Crippen molar-refractivity contribution in [3.05, 3.63) is 86.2 Å². The van der Waals surface area contributed by atoms with Crippen molar-refractivity contribution in [3.8, 4) is 0 Å². The molecule has 4 rings (SSSR count). The highest BCUT2D eigenvalue weighted by atomic mass is 35.5. The quantitative estimate of drug-likeness (QED) is 0.446. The molecule has 31 heavy (non-hydrogen) atoms. The molecule has 0 unspecified atom stereocenters. The first-order valence-electron chi connectivity index (χ1n) is 9.91. The van der Waals surface area contributed by atoms with E-state index in [9.17, 15) is 9.59 Å². The van der Waals surface area contributed by atoms with Crippen LogP contribution in [0, 0.1) is 5.92 Å². The van der Waals surface area contributed by atoms with E-state index in [0.717, 1.165) is 10.4 Å². The molecule has 2 heterocycles. The van der Waals surface area contributed by atoms with Gasteiger partial charge in [-0.2, -0.15) is 5.10 Å². The molecule has 8 heteroatoms. The van der Waals surface area contributed by atoms with Gasteiger partial charge in [-0.15, -0.1) is 11.3 Å². The minimum atomic E-state index is -0.396. The van der Waals surface area contributed by atoms with E-state index in [4.69, 9.17) is 11.6 Å². The van der Waals surface area contributed by atoms with Gasteiger partial charge in [-0.25, -0.2) is 9.67 Å². The second-order valence-electron chi connectivity index (χ2n) is 7.63. The Morgan fingerprint density at radius 2 is 1.84 bits per heavy atom. The van der Waals surface area contributed by atoms with E-state index >= 15 is 0 Å². The Labute approximate surface area is 188 Å². The summed E-state index contributed by atoms with van der Waals surface area (Å²) in [5, 5.41) is 9.37. The molecule has 1 N–H and O–H groups in total. The Morgan fingerprint density at radius 3 is 2.58 bits per heavy atom. The van der Waals surface area contributed by atoms with Crippen molar-refractivity contribution in [2.75, 3.05) is 5.32 Å². The van der Waals surface area contributed by atoms with Crippen LogP contribution in [-0.2, 0) is 13.0 Å². The van der Waals surface area contributed by atoms with Gasteiger partial charge in [0, 0.05) is 34.4 Å². The largest absolute Gasteiger partial charge is 0.296 e. The molecule has 2 aromatic carbocycles. The number of benzene rings is 2. The lowest BCUT2D eigenvalue weighted by Crippen LogP contribution is -2.29. The fourth-order valence-electron chi connectivity index (χ4n) is 3.31. The van der Waals surface area contributed by atoms with E-state index in [0.29, 0.717) is 33.9 Å². The summed E-state index contributed by atoms with van der Waals surface area (Å²) in [5.74, 6) is -0.180. The predicted octanol–water partition coefficient (Wildman–Crippen LogP) is 5.01. The van der Waals surface area contributed by atoms with Gasteiger partial charge in [0.15, 0.2) is 10.8 Å². The van der Waals surface area contributed by atoms with Gasteiger partial charge in [0.05, 0.1) is 5.39 Å². The molecule has 1 amide bonds. The molecule has 0 fully saturated rings. The van der Waals surface area contributed by atoms with E-state index < -0.39 is 5.91 Å². The van der Waals surface area contributed by atoms with Crippen LogP contribution in [0.5, 0.6) is 0 Å². The van der Waals surface area contributed by atoms with Gasteiger partial charge in [-0.1, -0.05) is 61.8 Å². The van der Waals surface area contributed by atoms with Crippen molar-refractivity contribution in [1.82, 2.24) is 14.8 Å². The number of carbonyl (C=O) groups excluding carboxylic acids is 1. The second kappa shape index (κ2) is 8.99. The molecule has 0 aliphatic rings. The summed E-state index contributed by atoms with van der Waals surface area (Å²) in [6.07, 6.45) is 2.36. The van der Waals surface area contributed by atoms with Crippen molar-refractivity contribution in [1.29, 1.82) is 0 Å². The molecule has 0 aliphatic carbocycles. The average molecular weight is 453 g/mol. The number of aromatic nitrogens is 3. The summed E-state index contributed by atoms with van der Waals surface area (Å²) in [6, 6.07) is 14.7. The first kappa shape index (κ1) is 21.2. The number of carbonyl (C=O) groups is 1. The maximum atomic E-state index is 13.1. The topological polar surface area (TPSA) is 76.9 Å². The Kier molecular flexibility index (Phi) is 6.15. The van der Waals surface area contributed by atoms with Gasteiger partial charge >= 0.3 is 0 Å². The zero-order valence-electron chi connectivity index (χ0n) is 17.1. The van der Waals surface area contributed by atoms with Crippen LogP contribution in [0.3, 0.4) is 0 Å². The summed E-state index contributed by atoms with van der Waals surface area (Å²) in [7, 11) is 0. The lowest BCUT2D eigenvalue weighted by molar-refractivity contribution is 0.102. The minimum Gasteiger partial charge on any atom is -0.296 e. The van der Waals surface area contributed by atoms with Crippen molar-refractivity contribution in [2.24, 2.45) is 5.92 Å². The van der Waals surface area contributed by atoms with E-state index in [1.807, 2.05) is 38.1 Å². The number of hydrogen-bond acceptors (Lipinski definition) is 5. The number of nitrogens with zero attached hydrogens (tertiary/aromatic N) is 3. The van der Waals surface area contributed by atoms with Crippen molar-refractivity contribution >= 4 is 44.7 Å². The Morgan fingerprint density at radius 1 is 1.13 bits per heavy atom. The molecule has 158 valence electrons. The van der Waals surface area contributed by atoms with Crippen LogP contribution in [0.4, 0.5) is 5.13 Å². The molecular weight excluding hydrogens is 432 g/mol. The van der Waals surface area contributed by atoms with E-state index in [-0.39, 0.29) is 17.2 Å².